The molecule has 5 nitrogen and oxygen atoms in total. The highest BCUT2D eigenvalue weighted by Crippen LogP contribution is 2.33. The molecule has 1 fully saturated rings. The van der Waals surface area contributed by atoms with Gasteiger partial charge in [-0.3, -0.25) is 4.79 Å². The molecule has 1 atom stereocenters. The Labute approximate surface area is 135 Å². The molecular formula is C18H20N2O3. The van der Waals surface area contributed by atoms with E-state index in [0.717, 1.165) is 30.8 Å². The van der Waals surface area contributed by atoms with Crippen molar-refractivity contribution in [2.75, 3.05) is 13.2 Å². The van der Waals surface area contributed by atoms with E-state index >= 15 is 0 Å². The monoisotopic (exact) mass is 312 g/mol. The number of carbonyl (C=O) groups is 1. The largest absolute Gasteiger partial charge is 0.490 e. The predicted molar refractivity (Wildman–Crippen MR) is 86.4 cm³/mol. The van der Waals surface area contributed by atoms with Crippen molar-refractivity contribution in [3.8, 4) is 5.75 Å². The normalized spacial score (nSPS) is 17.3. The number of aromatic nitrogens is 1. The number of hydrogen-bond donors (Lipinski definition) is 0. The van der Waals surface area contributed by atoms with Gasteiger partial charge in [0.15, 0.2) is 5.76 Å². The van der Waals surface area contributed by atoms with E-state index in [0.29, 0.717) is 17.9 Å². The Bertz CT molecular complexity index is 708. The van der Waals surface area contributed by atoms with Gasteiger partial charge < -0.3 is 14.2 Å². The number of carbonyl (C=O) groups excluding carboxylic acids is 1. The maximum atomic E-state index is 12.9. The van der Waals surface area contributed by atoms with Gasteiger partial charge >= 0.3 is 0 Å². The molecule has 1 aliphatic rings. The van der Waals surface area contributed by atoms with Crippen LogP contribution in [0.5, 0.6) is 5.75 Å². The van der Waals surface area contributed by atoms with Crippen LogP contribution in [0, 0.1) is 6.92 Å². The molecule has 1 saturated heterocycles. The van der Waals surface area contributed by atoms with Gasteiger partial charge in [-0.25, -0.2) is 0 Å². The van der Waals surface area contributed by atoms with Gasteiger partial charge in [0.2, 0.25) is 0 Å². The summed E-state index contributed by atoms with van der Waals surface area (Å²) in [5, 5.41) is 3.93. The molecule has 0 spiro atoms. The molecule has 1 aliphatic heterocycles. The standard InChI is InChI=1S/C18H20N2O3/c1-3-10-22-15-7-4-6-14(12-15)18(21)20-9-5-8-16(20)17-11-13(2)19-23-17/h3-4,6-7,11-12,16H,1,5,8-10H2,2H3. The van der Waals surface area contributed by atoms with Crippen LogP contribution in [0.3, 0.4) is 0 Å². The minimum Gasteiger partial charge on any atom is -0.490 e. The fourth-order valence-corrected chi connectivity index (χ4v) is 2.89. The first-order valence-electron chi connectivity index (χ1n) is 7.77. The average molecular weight is 312 g/mol. The van der Waals surface area contributed by atoms with Gasteiger partial charge in [0.25, 0.3) is 5.91 Å². The van der Waals surface area contributed by atoms with Crippen molar-refractivity contribution in [3.63, 3.8) is 0 Å². The first-order chi connectivity index (χ1) is 11.2. The molecule has 5 heteroatoms. The summed E-state index contributed by atoms with van der Waals surface area (Å²) < 4.78 is 10.9. The summed E-state index contributed by atoms with van der Waals surface area (Å²) in [5.74, 6) is 1.42. The molecule has 3 rings (SSSR count). The first kappa shape index (κ1) is 15.3. The number of aryl methyl sites for hydroxylation is 1. The Morgan fingerprint density at radius 2 is 2.39 bits per heavy atom. The van der Waals surface area contributed by atoms with E-state index in [1.165, 1.54) is 0 Å². The summed E-state index contributed by atoms with van der Waals surface area (Å²) in [4.78, 5) is 14.7. The second kappa shape index (κ2) is 6.69. The van der Waals surface area contributed by atoms with Crippen LogP contribution < -0.4 is 4.74 Å². The lowest BCUT2D eigenvalue weighted by atomic mass is 10.1. The highest BCUT2D eigenvalue weighted by molar-refractivity contribution is 5.95. The lowest BCUT2D eigenvalue weighted by molar-refractivity contribution is 0.0714. The number of benzene rings is 1. The maximum absolute atomic E-state index is 12.9. The van der Waals surface area contributed by atoms with Crippen molar-refractivity contribution >= 4 is 5.91 Å². The lowest BCUT2D eigenvalue weighted by Crippen LogP contribution is -2.30. The predicted octanol–water partition coefficient (Wildman–Crippen LogP) is 3.53. The van der Waals surface area contributed by atoms with Crippen molar-refractivity contribution in [1.82, 2.24) is 10.1 Å². The summed E-state index contributed by atoms with van der Waals surface area (Å²) in [7, 11) is 0. The van der Waals surface area contributed by atoms with E-state index < -0.39 is 0 Å². The first-order valence-corrected chi connectivity index (χ1v) is 7.77. The van der Waals surface area contributed by atoms with Crippen molar-refractivity contribution in [3.05, 3.63) is 60.0 Å². The van der Waals surface area contributed by atoms with Crippen LogP contribution in [0.15, 0.2) is 47.5 Å². The smallest absolute Gasteiger partial charge is 0.254 e. The van der Waals surface area contributed by atoms with Gasteiger partial charge in [0.05, 0.1) is 11.7 Å². The third-order valence-corrected chi connectivity index (χ3v) is 3.94. The van der Waals surface area contributed by atoms with Crippen LogP contribution in [-0.4, -0.2) is 29.1 Å². The highest BCUT2D eigenvalue weighted by atomic mass is 16.5. The molecule has 0 N–H and O–H groups in total. The van der Waals surface area contributed by atoms with Gasteiger partial charge in [-0.1, -0.05) is 23.9 Å². The number of nitrogens with zero attached hydrogens (tertiary/aromatic N) is 2. The minimum atomic E-state index is -0.0403. The number of rotatable bonds is 5. The Hall–Kier alpha value is -2.56. The molecule has 23 heavy (non-hydrogen) atoms. The molecule has 1 aromatic heterocycles. The Morgan fingerprint density at radius 1 is 1.52 bits per heavy atom. The van der Waals surface area contributed by atoms with Gasteiger partial charge in [-0.05, 0) is 38.0 Å². The van der Waals surface area contributed by atoms with Crippen molar-refractivity contribution < 1.29 is 14.1 Å². The number of likely N-dealkylation sites (tertiary alicyclic amines) is 1. The van der Waals surface area contributed by atoms with Gasteiger partial charge in [0, 0.05) is 18.2 Å². The Kier molecular flexibility index (Phi) is 4.46. The van der Waals surface area contributed by atoms with Crippen molar-refractivity contribution in [1.29, 1.82) is 0 Å². The maximum Gasteiger partial charge on any atom is 0.254 e. The lowest BCUT2D eigenvalue weighted by Gasteiger charge is -2.23. The van der Waals surface area contributed by atoms with Crippen LogP contribution in [-0.2, 0) is 0 Å². The molecule has 1 amide bonds. The van der Waals surface area contributed by atoms with Gasteiger partial charge in [-0.2, -0.15) is 0 Å². The molecule has 0 radical (unpaired) electrons. The number of amides is 1. The fourth-order valence-electron chi connectivity index (χ4n) is 2.89. The fraction of sp³-hybridized carbons (Fsp3) is 0.333. The summed E-state index contributed by atoms with van der Waals surface area (Å²) in [6.45, 7) is 6.65. The highest BCUT2D eigenvalue weighted by Gasteiger charge is 2.33. The van der Waals surface area contributed by atoms with Crippen molar-refractivity contribution in [2.45, 2.75) is 25.8 Å². The average Bonchev–Trinajstić information content (AvgIpc) is 3.21. The molecule has 0 saturated carbocycles. The molecular weight excluding hydrogens is 292 g/mol. The molecule has 1 aromatic carbocycles. The molecule has 2 aromatic rings. The molecule has 0 bridgehead atoms. The summed E-state index contributed by atoms with van der Waals surface area (Å²) in [6, 6.07) is 9.11. The summed E-state index contributed by atoms with van der Waals surface area (Å²) in [5.41, 5.74) is 1.45. The topological polar surface area (TPSA) is 55.6 Å². The van der Waals surface area contributed by atoms with E-state index in [1.807, 2.05) is 36.1 Å². The van der Waals surface area contributed by atoms with Crippen LogP contribution in [0.4, 0.5) is 0 Å². The van der Waals surface area contributed by atoms with Crippen LogP contribution in [0.25, 0.3) is 0 Å². The second-order valence-electron chi connectivity index (χ2n) is 5.65. The molecule has 2 heterocycles. The summed E-state index contributed by atoms with van der Waals surface area (Å²) in [6.07, 6.45) is 3.53. The quantitative estimate of drug-likeness (QED) is 0.793. The van der Waals surface area contributed by atoms with E-state index in [1.54, 1.807) is 12.1 Å². The van der Waals surface area contributed by atoms with E-state index in [9.17, 15) is 4.79 Å². The second-order valence-corrected chi connectivity index (χ2v) is 5.65. The SMILES string of the molecule is C=CCOc1cccc(C(=O)N2CCCC2c2cc(C)no2)c1. The van der Waals surface area contributed by atoms with Crippen LogP contribution in [0.1, 0.15) is 40.7 Å². The van der Waals surface area contributed by atoms with E-state index in [-0.39, 0.29) is 11.9 Å². The van der Waals surface area contributed by atoms with Crippen molar-refractivity contribution in [2.24, 2.45) is 0 Å². The Balaban J connectivity index is 1.80. The summed E-state index contributed by atoms with van der Waals surface area (Å²) >= 11 is 0. The zero-order valence-electron chi connectivity index (χ0n) is 13.2. The third-order valence-electron chi connectivity index (χ3n) is 3.94. The van der Waals surface area contributed by atoms with E-state index in [2.05, 4.69) is 11.7 Å². The molecule has 120 valence electrons. The van der Waals surface area contributed by atoms with E-state index in [4.69, 9.17) is 9.26 Å². The third kappa shape index (κ3) is 3.28. The zero-order valence-corrected chi connectivity index (χ0v) is 13.2. The number of ether oxygens (including phenoxy) is 1. The molecule has 1 unspecified atom stereocenters. The minimum absolute atomic E-state index is 0.00870. The molecule has 0 aliphatic carbocycles. The number of hydrogen-bond acceptors (Lipinski definition) is 4. The van der Waals surface area contributed by atoms with Gasteiger partial charge in [-0.15, -0.1) is 0 Å². The van der Waals surface area contributed by atoms with Crippen LogP contribution in [0.2, 0.25) is 0 Å². The van der Waals surface area contributed by atoms with Crippen LogP contribution >= 0.6 is 0 Å². The zero-order chi connectivity index (χ0) is 16.2. The Morgan fingerprint density at radius 3 is 3.13 bits per heavy atom. The van der Waals surface area contributed by atoms with Gasteiger partial charge in [0.1, 0.15) is 12.4 Å².